The molecule has 0 saturated carbocycles. The van der Waals surface area contributed by atoms with E-state index < -0.39 is 24.0 Å². The molecule has 2 atom stereocenters. The van der Waals surface area contributed by atoms with Crippen molar-refractivity contribution in [2.45, 2.75) is 111 Å². The van der Waals surface area contributed by atoms with E-state index in [1.165, 1.54) is 0 Å². The first-order chi connectivity index (χ1) is 18.2. The molecule has 0 saturated heterocycles. The molecule has 0 radical (unpaired) electrons. The Balaban J connectivity index is 4.28. The highest BCUT2D eigenvalue weighted by Crippen LogP contribution is 2.10. The van der Waals surface area contributed by atoms with E-state index in [0.717, 1.165) is 38.5 Å². The van der Waals surface area contributed by atoms with Gasteiger partial charge in [-0.2, -0.15) is 0 Å². The Morgan fingerprint density at radius 2 is 1.11 bits per heavy atom. The minimum atomic E-state index is -1.06. The van der Waals surface area contributed by atoms with Crippen molar-refractivity contribution in [1.82, 2.24) is 10.6 Å². The van der Waals surface area contributed by atoms with E-state index in [9.17, 15) is 19.5 Å². The quantitative estimate of drug-likeness (QED) is 0.110. The molecule has 0 aliphatic heterocycles. The SMILES string of the molecule is CC/C=C\C/C=C\C/C=C\C/C=C\C/C=C\CCCC(=O)NC(CC(C)C)C(=O)NC(CC(C)C)C(=O)O. The third-order valence-electron chi connectivity index (χ3n) is 5.61. The van der Waals surface area contributed by atoms with Crippen LogP contribution < -0.4 is 10.6 Å². The highest BCUT2D eigenvalue weighted by Gasteiger charge is 2.27. The molecule has 0 bridgehead atoms. The number of carbonyl (C=O) groups excluding carboxylic acids is 2. The Morgan fingerprint density at radius 3 is 1.55 bits per heavy atom. The molecule has 6 heteroatoms. The molecule has 6 nitrogen and oxygen atoms in total. The van der Waals surface area contributed by atoms with E-state index in [0.29, 0.717) is 25.7 Å². The van der Waals surface area contributed by atoms with E-state index in [4.69, 9.17) is 0 Å². The van der Waals surface area contributed by atoms with Crippen molar-refractivity contribution in [2.75, 3.05) is 0 Å². The number of carbonyl (C=O) groups is 3. The molecule has 2 amide bonds. The molecule has 0 rings (SSSR count). The van der Waals surface area contributed by atoms with E-state index >= 15 is 0 Å². The van der Waals surface area contributed by atoms with Crippen molar-refractivity contribution in [3.63, 3.8) is 0 Å². The summed E-state index contributed by atoms with van der Waals surface area (Å²) in [4.78, 5) is 36.7. The number of unbranched alkanes of at least 4 members (excludes halogenated alkanes) is 1. The van der Waals surface area contributed by atoms with Crippen LogP contribution in [0.1, 0.15) is 98.8 Å². The third-order valence-corrected chi connectivity index (χ3v) is 5.61. The monoisotopic (exact) mass is 528 g/mol. The summed E-state index contributed by atoms with van der Waals surface area (Å²) in [7, 11) is 0. The lowest BCUT2D eigenvalue weighted by Crippen LogP contribution is -2.52. The maximum Gasteiger partial charge on any atom is 0.326 e. The minimum Gasteiger partial charge on any atom is -0.480 e. The number of rotatable bonds is 21. The van der Waals surface area contributed by atoms with Gasteiger partial charge < -0.3 is 15.7 Å². The van der Waals surface area contributed by atoms with Crippen molar-refractivity contribution in [3.05, 3.63) is 60.8 Å². The summed E-state index contributed by atoms with van der Waals surface area (Å²) < 4.78 is 0. The summed E-state index contributed by atoms with van der Waals surface area (Å²) in [6.07, 6.45) is 29.0. The second-order valence-corrected chi connectivity index (χ2v) is 10.4. The van der Waals surface area contributed by atoms with Gasteiger partial charge in [-0.25, -0.2) is 4.79 Å². The van der Waals surface area contributed by atoms with Crippen LogP contribution in [0.3, 0.4) is 0 Å². The Morgan fingerprint density at radius 1 is 0.658 bits per heavy atom. The van der Waals surface area contributed by atoms with Crippen LogP contribution >= 0.6 is 0 Å². The number of amides is 2. The molecule has 0 aliphatic carbocycles. The summed E-state index contributed by atoms with van der Waals surface area (Å²) >= 11 is 0. The maximum atomic E-state index is 12.7. The summed E-state index contributed by atoms with van der Waals surface area (Å²) in [5.41, 5.74) is 0. The summed E-state index contributed by atoms with van der Waals surface area (Å²) in [6, 6.07) is -1.69. The largest absolute Gasteiger partial charge is 0.480 e. The van der Waals surface area contributed by atoms with Crippen LogP contribution in [0.2, 0.25) is 0 Å². The Hall–Kier alpha value is -2.89. The number of hydrogen-bond donors (Lipinski definition) is 3. The molecular weight excluding hydrogens is 476 g/mol. The first-order valence-electron chi connectivity index (χ1n) is 14.2. The first-order valence-corrected chi connectivity index (χ1v) is 14.2. The summed E-state index contributed by atoms with van der Waals surface area (Å²) in [5, 5.41) is 14.8. The molecule has 38 heavy (non-hydrogen) atoms. The Labute approximate surface area is 231 Å². The zero-order chi connectivity index (χ0) is 28.6. The lowest BCUT2D eigenvalue weighted by molar-refractivity contribution is -0.142. The number of aliphatic carboxylic acids is 1. The molecular formula is C32H52N2O4. The van der Waals surface area contributed by atoms with Gasteiger partial charge in [0, 0.05) is 6.42 Å². The number of carboxylic acid groups (broad SMARTS) is 1. The molecule has 0 aromatic heterocycles. The summed E-state index contributed by atoms with van der Waals surface area (Å²) in [5.74, 6) is -1.36. The van der Waals surface area contributed by atoms with Gasteiger partial charge in [0.15, 0.2) is 0 Å². The molecule has 2 unspecified atom stereocenters. The zero-order valence-electron chi connectivity index (χ0n) is 24.3. The van der Waals surface area contributed by atoms with Crippen molar-refractivity contribution in [2.24, 2.45) is 11.8 Å². The van der Waals surface area contributed by atoms with E-state index in [1.807, 2.05) is 27.7 Å². The van der Waals surface area contributed by atoms with Gasteiger partial charge in [-0.05, 0) is 69.6 Å². The van der Waals surface area contributed by atoms with Gasteiger partial charge in [-0.3, -0.25) is 9.59 Å². The van der Waals surface area contributed by atoms with Crippen molar-refractivity contribution >= 4 is 17.8 Å². The van der Waals surface area contributed by atoms with Gasteiger partial charge in [-0.15, -0.1) is 0 Å². The molecule has 0 aliphatic rings. The van der Waals surface area contributed by atoms with Crippen molar-refractivity contribution < 1.29 is 19.5 Å². The van der Waals surface area contributed by atoms with E-state index in [-0.39, 0.29) is 17.7 Å². The van der Waals surface area contributed by atoms with Crippen LogP contribution in [0.4, 0.5) is 0 Å². The fourth-order valence-corrected chi connectivity index (χ4v) is 3.68. The molecule has 0 heterocycles. The molecule has 0 fully saturated rings. The van der Waals surface area contributed by atoms with Gasteiger partial charge in [-0.1, -0.05) is 95.4 Å². The normalized spacial score (nSPS) is 14.1. The molecule has 0 spiro atoms. The lowest BCUT2D eigenvalue weighted by Gasteiger charge is -2.23. The van der Waals surface area contributed by atoms with Crippen molar-refractivity contribution in [1.29, 1.82) is 0 Å². The van der Waals surface area contributed by atoms with E-state index in [2.05, 4.69) is 78.3 Å². The van der Waals surface area contributed by atoms with Crippen LogP contribution in [0.15, 0.2) is 60.8 Å². The predicted octanol–water partition coefficient (Wildman–Crippen LogP) is 7.05. The average molecular weight is 529 g/mol. The standard InChI is InChI=1S/C32H52N2O4/c1-6-7-8-9-10-11-12-13-14-15-16-17-18-19-20-21-22-23-30(35)33-28(24-26(2)3)31(36)34-29(32(37)38)25-27(4)5/h7-8,10-11,13-14,16-17,19-20,26-29H,6,9,12,15,18,21-25H2,1-5H3,(H,33,35)(H,34,36)(H,37,38)/b8-7-,11-10-,14-13-,17-16-,20-19-. The van der Waals surface area contributed by atoms with Crippen LogP contribution in [0.5, 0.6) is 0 Å². The topological polar surface area (TPSA) is 95.5 Å². The molecule has 0 aromatic rings. The highest BCUT2D eigenvalue weighted by molar-refractivity contribution is 5.90. The first kappa shape index (κ1) is 35.1. The van der Waals surface area contributed by atoms with Crippen LogP contribution in [-0.4, -0.2) is 35.0 Å². The van der Waals surface area contributed by atoms with Crippen LogP contribution in [0.25, 0.3) is 0 Å². The van der Waals surface area contributed by atoms with Gasteiger partial charge in [0.05, 0.1) is 0 Å². The number of hydrogen-bond acceptors (Lipinski definition) is 3. The number of nitrogens with one attached hydrogen (secondary N) is 2. The molecule has 0 aromatic carbocycles. The lowest BCUT2D eigenvalue weighted by atomic mass is 10.0. The van der Waals surface area contributed by atoms with Gasteiger partial charge in [0.25, 0.3) is 0 Å². The third kappa shape index (κ3) is 21.2. The Kier molecular flexibility index (Phi) is 21.5. The van der Waals surface area contributed by atoms with E-state index in [1.54, 1.807) is 0 Å². The zero-order valence-corrected chi connectivity index (χ0v) is 24.3. The predicted molar refractivity (Wildman–Crippen MR) is 159 cm³/mol. The second-order valence-electron chi connectivity index (χ2n) is 10.4. The van der Waals surface area contributed by atoms with Gasteiger partial charge in [0.2, 0.25) is 11.8 Å². The van der Waals surface area contributed by atoms with Gasteiger partial charge >= 0.3 is 5.97 Å². The fourth-order valence-electron chi connectivity index (χ4n) is 3.68. The number of allylic oxidation sites excluding steroid dienone is 10. The Bertz CT molecular complexity index is 806. The molecule has 3 N–H and O–H groups in total. The summed E-state index contributed by atoms with van der Waals surface area (Å²) in [6.45, 7) is 9.89. The average Bonchev–Trinajstić information content (AvgIpc) is 2.84. The smallest absolute Gasteiger partial charge is 0.326 e. The van der Waals surface area contributed by atoms with Crippen molar-refractivity contribution in [3.8, 4) is 0 Å². The number of carboxylic acids is 1. The minimum absolute atomic E-state index is 0.130. The second kappa shape index (κ2) is 23.2. The van der Waals surface area contributed by atoms with Gasteiger partial charge in [0.1, 0.15) is 12.1 Å². The fraction of sp³-hybridized carbons (Fsp3) is 0.594. The van der Waals surface area contributed by atoms with Crippen LogP contribution in [0, 0.1) is 11.8 Å². The maximum absolute atomic E-state index is 12.7. The van der Waals surface area contributed by atoms with Crippen LogP contribution in [-0.2, 0) is 14.4 Å². The highest BCUT2D eigenvalue weighted by atomic mass is 16.4. The molecule has 214 valence electrons.